The molecule has 0 saturated heterocycles. The van der Waals surface area contributed by atoms with Crippen molar-refractivity contribution in [1.82, 2.24) is 5.48 Å². The molecule has 0 aliphatic carbocycles. The van der Waals surface area contributed by atoms with Gasteiger partial charge in [-0.3, -0.25) is 4.53 Å². The number of hydrogen-bond donors (Lipinski definition) is 3. The molecule has 0 aliphatic rings. The molecule has 0 radical (unpaired) electrons. The van der Waals surface area contributed by atoms with E-state index in [0.717, 1.165) is 0 Å². The summed E-state index contributed by atoms with van der Waals surface area (Å²) in [6.45, 7) is 8.89. The number of hydroxylamine groups is 1. The third kappa shape index (κ3) is 8.10. The molecule has 78 valence electrons. The van der Waals surface area contributed by atoms with Gasteiger partial charge in [-0.05, 0) is 20.8 Å². The maximum absolute atomic E-state index is 9.15. The van der Waals surface area contributed by atoms with Crippen LogP contribution in [0.2, 0.25) is 0 Å². The van der Waals surface area contributed by atoms with Crippen molar-refractivity contribution in [1.29, 1.82) is 0 Å². The van der Waals surface area contributed by atoms with Crippen LogP contribution in [-0.2, 0) is 8.95 Å². The van der Waals surface area contributed by atoms with Gasteiger partial charge in [-0.2, -0.15) is 0 Å². The van der Waals surface area contributed by atoms with Gasteiger partial charge in [-0.15, -0.1) is 6.58 Å². The van der Waals surface area contributed by atoms with Crippen molar-refractivity contribution in [3.05, 3.63) is 12.7 Å². The molecular weight excluding hydrogens is 190 g/mol. The van der Waals surface area contributed by atoms with E-state index >= 15 is 0 Å². The lowest BCUT2D eigenvalue weighted by atomic mass is 10.1. The Labute approximate surface area is 79.4 Å². The summed E-state index contributed by atoms with van der Waals surface area (Å²) in [6, 6.07) is 0. The minimum absolute atomic E-state index is 0.0467. The SMILES string of the molecule is C=CCO[Si](O)(O)ONC(C)(C)C. The predicted molar refractivity (Wildman–Crippen MR) is 50.3 cm³/mol. The second-order valence-electron chi connectivity index (χ2n) is 3.60. The Morgan fingerprint density at radius 1 is 1.46 bits per heavy atom. The first-order valence-electron chi connectivity index (χ1n) is 3.91. The van der Waals surface area contributed by atoms with Crippen molar-refractivity contribution in [2.75, 3.05) is 6.61 Å². The molecule has 0 amide bonds. The van der Waals surface area contributed by atoms with Gasteiger partial charge >= 0.3 is 9.05 Å². The normalized spacial score (nSPS) is 13.0. The second kappa shape index (κ2) is 4.84. The van der Waals surface area contributed by atoms with Gasteiger partial charge in [0.1, 0.15) is 0 Å². The molecule has 0 aromatic carbocycles. The summed E-state index contributed by atoms with van der Waals surface area (Å²) >= 11 is 0. The van der Waals surface area contributed by atoms with Crippen molar-refractivity contribution in [2.24, 2.45) is 0 Å². The Morgan fingerprint density at radius 2 is 2.00 bits per heavy atom. The summed E-state index contributed by atoms with van der Waals surface area (Å²) in [7, 11) is -4.02. The van der Waals surface area contributed by atoms with Crippen molar-refractivity contribution in [2.45, 2.75) is 26.3 Å². The predicted octanol–water partition coefficient (Wildman–Crippen LogP) is -0.0711. The molecule has 0 saturated carbocycles. The average Bonchev–Trinajstić information content (AvgIpc) is 1.97. The molecule has 0 aromatic rings. The standard InChI is InChI=1S/C7H17NO4Si/c1-5-6-11-13(9,10)12-8-7(2,3)4/h5,8-10H,1,6H2,2-4H3. The molecule has 0 unspecified atom stereocenters. The Kier molecular flexibility index (Phi) is 4.75. The number of hydrogen-bond acceptors (Lipinski definition) is 5. The molecule has 5 nitrogen and oxygen atoms in total. The maximum Gasteiger partial charge on any atom is 0.691 e. The first-order valence-corrected chi connectivity index (χ1v) is 5.63. The third-order valence-corrected chi connectivity index (χ3v) is 1.79. The molecule has 0 rings (SSSR count). The van der Waals surface area contributed by atoms with E-state index in [1.54, 1.807) is 0 Å². The van der Waals surface area contributed by atoms with Crippen LogP contribution in [0.15, 0.2) is 12.7 Å². The van der Waals surface area contributed by atoms with E-state index < -0.39 is 9.05 Å². The highest BCUT2D eigenvalue weighted by atomic mass is 28.4. The van der Waals surface area contributed by atoms with Crippen LogP contribution in [-0.4, -0.2) is 30.8 Å². The van der Waals surface area contributed by atoms with Crippen molar-refractivity contribution in [3.63, 3.8) is 0 Å². The van der Waals surface area contributed by atoms with Crippen molar-refractivity contribution < 1.29 is 18.5 Å². The molecule has 0 atom stereocenters. The van der Waals surface area contributed by atoms with Crippen molar-refractivity contribution in [3.8, 4) is 0 Å². The van der Waals surface area contributed by atoms with Gasteiger partial charge in [0.15, 0.2) is 0 Å². The van der Waals surface area contributed by atoms with E-state index in [2.05, 4.69) is 21.0 Å². The fraction of sp³-hybridized carbons (Fsp3) is 0.714. The lowest BCUT2D eigenvalue weighted by molar-refractivity contribution is -0.0328. The maximum atomic E-state index is 9.15. The quantitative estimate of drug-likeness (QED) is 0.334. The number of nitrogens with one attached hydrogen (secondary N) is 1. The first kappa shape index (κ1) is 12.8. The molecule has 3 N–H and O–H groups in total. The summed E-state index contributed by atoms with van der Waals surface area (Å²) in [5.41, 5.74) is 2.11. The number of rotatable bonds is 5. The van der Waals surface area contributed by atoms with Crippen LogP contribution in [0.4, 0.5) is 0 Å². The lowest BCUT2D eigenvalue weighted by Gasteiger charge is -2.24. The Morgan fingerprint density at radius 3 is 2.38 bits per heavy atom. The average molecular weight is 207 g/mol. The van der Waals surface area contributed by atoms with E-state index in [-0.39, 0.29) is 12.1 Å². The molecule has 0 spiro atoms. The van der Waals surface area contributed by atoms with Gasteiger partial charge in [0, 0.05) is 5.54 Å². The van der Waals surface area contributed by atoms with E-state index in [9.17, 15) is 0 Å². The van der Waals surface area contributed by atoms with Crippen LogP contribution in [0.25, 0.3) is 0 Å². The molecule has 0 fully saturated rings. The first-order chi connectivity index (χ1) is 5.77. The Balaban J connectivity index is 3.81. The summed E-state index contributed by atoms with van der Waals surface area (Å²) in [6.07, 6.45) is 1.41. The summed E-state index contributed by atoms with van der Waals surface area (Å²) in [5.74, 6) is 0. The zero-order valence-electron chi connectivity index (χ0n) is 8.20. The largest absolute Gasteiger partial charge is 0.691 e. The monoisotopic (exact) mass is 207 g/mol. The zero-order chi connectivity index (χ0) is 10.5. The molecule has 0 bridgehead atoms. The van der Waals surface area contributed by atoms with Crippen LogP contribution in [0.1, 0.15) is 20.8 Å². The van der Waals surface area contributed by atoms with Crippen molar-refractivity contribution >= 4 is 9.05 Å². The minimum Gasteiger partial charge on any atom is -0.367 e. The summed E-state index contributed by atoms with van der Waals surface area (Å²) in [4.78, 5) is 18.3. The van der Waals surface area contributed by atoms with Gasteiger partial charge in [-0.25, -0.2) is 5.48 Å². The zero-order valence-corrected chi connectivity index (χ0v) is 9.20. The van der Waals surface area contributed by atoms with E-state index in [4.69, 9.17) is 9.59 Å². The van der Waals surface area contributed by atoms with Crippen LogP contribution in [0, 0.1) is 0 Å². The molecule has 0 heterocycles. The third-order valence-electron chi connectivity index (χ3n) is 0.879. The fourth-order valence-electron chi connectivity index (χ4n) is 0.417. The van der Waals surface area contributed by atoms with Crippen LogP contribution >= 0.6 is 0 Å². The van der Waals surface area contributed by atoms with Gasteiger partial charge in [-0.1, -0.05) is 6.08 Å². The highest BCUT2D eigenvalue weighted by Gasteiger charge is 2.38. The van der Waals surface area contributed by atoms with Crippen LogP contribution < -0.4 is 5.48 Å². The smallest absolute Gasteiger partial charge is 0.367 e. The highest BCUT2D eigenvalue weighted by Crippen LogP contribution is 2.02. The van der Waals surface area contributed by atoms with E-state index in [1.807, 2.05) is 20.8 Å². The molecule has 13 heavy (non-hydrogen) atoms. The second-order valence-corrected chi connectivity index (χ2v) is 5.19. The molecular formula is C7H17NO4Si. The Hall–Kier alpha value is -0.243. The minimum atomic E-state index is -4.02. The Bertz CT molecular complexity index is 166. The van der Waals surface area contributed by atoms with Gasteiger partial charge in [0.2, 0.25) is 0 Å². The van der Waals surface area contributed by atoms with Crippen LogP contribution in [0.5, 0.6) is 0 Å². The molecule has 0 aliphatic heterocycles. The summed E-state index contributed by atoms with van der Waals surface area (Å²) < 4.78 is 9.25. The van der Waals surface area contributed by atoms with Gasteiger partial charge < -0.3 is 14.0 Å². The van der Waals surface area contributed by atoms with Gasteiger partial charge in [0.05, 0.1) is 6.61 Å². The van der Waals surface area contributed by atoms with E-state index in [0.29, 0.717) is 0 Å². The van der Waals surface area contributed by atoms with Gasteiger partial charge in [0.25, 0.3) is 0 Å². The lowest BCUT2D eigenvalue weighted by Crippen LogP contribution is -2.51. The topological polar surface area (TPSA) is 71.0 Å². The fourth-order valence-corrected chi connectivity index (χ4v) is 1.25. The molecule has 0 aromatic heterocycles. The highest BCUT2D eigenvalue weighted by molar-refractivity contribution is 6.50. The van der Waals surface area contributed by atoms with Crippen LogP contribution in [0.3, 0.4) is 0 Å². The molecule has 6 heteroatoms. The van der Waals surface area contributed by atoms with E-state index in [1.165, 1.54) is 6.08 Å². The summed E-state index contributed by atoms with van der Waals surface area (Å²) in [5, 5.41) is 0.